The molecule has 4 aliphatic rings. The first-order valence-corrected chi connectivity index (χ1v) is 22.6. The summed E-state index contributed by atoms with van der Waals surface area (Å²) in [6.07, 6.45) is 12.3. The predicted molar refractivity (Wildman–Crippen MR) is 210 cm³/mol. The Kier molecular flexibility index (Phi) is 16.1. The lowest BCUT2D eigenvalue weighted by Crippen LogP contribution is -2.62. The van der Waals surface area contributed by atoms with Gasteiger partial charge in [0.1, 0.15) is 6.10 Å². The second-order valence-corrected chi connectivity index (χ2v) is 19.6. The van der Waals surface area contributed by atoms with Crippen LogP contribution >= 0.6 is 0 Å². The Hall–Kier alpha value is -1.31. The molecule has 12 heteroatoms. The van der Waals surface area contributed by atoms with E-state index in [2.05, 4.69) is 57.5 Å². The summed E-state index contributed by atoms with van der Waals surface area (Å²) in [6.45, 7) is 20.6. The van der Waals surface area contributed by atoms with Crippen LogP contribution in [-0.4, -0.2) is 76.3 Å². The van der Waals surface area contributed by atoms with Gasteiger partial charge in [0.15, 0.2) is 0 Å². The summed E-state index contributed by atoms with van der Waals surface area (Å²) in [4.78, 5) is 27.0. The van der Waals surface area contributed by atoms with Crippen LogP contribution in [0.25, 0.3) is 0 Å². The normalized spacial score (nSPS) is 36.0. The molecule has 1 amide bonds. The number of carbonyl (C=O) groups excluding carboxylic acids is 2. The second kappa shape index (κ2) is 19.2. The van der Waals surface area contributed by atoms with Crippen molar-refractivity contribution >= 4 is 22.3 Å². The largest absolute Gasteiger partial charge is 0.462 e. The molecule has 0 aromatic rings. The number of fused-ring (bicyclic) bond motifs is 5. The number of nitrogens with two attached hydrogens (primary N) is 1. The summed E-state index contributed by atoms with van der Waals surface area (Å²) in [5.74, 6) is 1.10. The van der Waals surface area contributed by atoms with Crippen LogP contribution in [0.15, 0.2) is 0 Å². The van der Waals surface area contributed by atoms with Gasteiger partial charge in [0.2, 0.25) is 5.91 Å². The molecule has 6 N–H and O–H groups in total. The minimum atomic E-state index is -4.52. The highest BCUT2D eigenvalue weighted by molar-refractivity contribution is 7.80. The monoisotopic (exact) mass is 769 g/mol. The third-order valence-electron chi connectivity index (χ3n) is 15.0. The van der Waals surface area contributed by atoms with E-state index in [-0.39, 0.29) is 63.8 Å². The molecule has 0 heterocycles. The first-order chi connectivity index (χ1) is 25.0. The van der Waals surface area contributed by atoms with Crippen LogP contribution in [0.3, 0.4) is 0 Å². The fourth-order valence-electron chi connectivity index (χ4n) is 12.3. The Morgan fingerprint density at radius 1 is 0.830 bits per heavy atom. The third kappa shape index (κ3) is 10.6. The van der Waals surface area contributed by atoms with Gasteiger partial charge >= 0.3 is 16.4 Å². The van der Waals surface area contributed by atoms with Gasteiger partial charge in [-0.3, -0.25) is 14.1 Å². The Morgan fingerprint density at radius 2 is 1.49 bits per heavy atom. The van der Waals surface area contributed by atoms with Crippen molar-refractivity contribution in [3.8, 4) is 0 Å². The minimum absolute atomic E-state index is 0.00206. The number of ether oxygens (including phenoxy) is 1. The SMILES string of the molecule is CC(=O)O[C@H]1C[C@@]2(C)C(CCC3[C@@]4(C)CC[C@@H](OS(=O)(=O)O)[C@@H](C)C4CC[C@@]32C)[C@@H]1[C@H](CCCC(C)C)C(=O)NCCCNCCCCNCCCN. The summed E-state index contributed by atoms with van der Waals surface area (Å²) >= 11 is 0. The molecule has 0 bridgehead atoms. The highest BCUT2D eigenvalue weighted by Crippen LogP contribution is 2.75. The molecule has 11 nitrogen and oxygen atoms in total. The lowest BCUT2D eigenvalue weighted by Gasteiger charge is -2.68. The summed E-state index contributed by atoms with van der Waals surface area (Å²) in [7, 11) is -4.52. The highest BCUT2D eigenvalue weighted by atomic mass is 32.3. The van der Waals surface area contributed by atoms with Crippen molar-refractivity contribution in [2.45, 2.75) is 151 Å². The molecule has 11 atom stereocenters. The maximum atomic E-state index is 14.3. The van der Waals surface area contributed by atoms with Crippen LogP contribution in [-0.2, 0) is 28.9 Å². The maximum absolute atomic E-state index is 14.3. The molecule has 0 spiro atoms. The van der Waals surface area contributed by atoms with Crippen molar-refractivity contribution in [3.63, 3.8) is 0 Å². The first kappa shape index (κ1) is 44.4. The summed E-state index contributed by atoms with van der Waals surface area (Å²) < 4.78 is 44.4. The Morgan fingerprint density at radius 3 is 2.11 bits per heavy atom. The zero-order valence-electron chi connectivity index (χ0n) is 34.2. The summed E-state index contributed by atoms with van der Waals surface area (Å²) in [6, 6.07) is 0. The molecular formula is C41H76N4O7S. The van der Waals surface area contributed by atoms with Crippen LogP contribution in [0.5, 0.6) is 0 Å². The molecule has 4 rings (SSSR count). The molecule has 0 radical (unpaired) electrons. The number of rotatable bonds is 21. The van der Waals surface area contributed by atoms with Crippen molar-refractivity contribution in [2.75, 3.05) is 39.3 Å². The van der Waals surface area contributed by atoms with Crippen LogP contribution in [0, 0.1) is 57.7 Å². The Bertz CT molecular complexity index is 1300. The number of esters is 1. The topological polar surface area (TPSA) is 169 Å². The van der Waals surface area contributed by atoms with E-state index < -0.39 is 16.5 Å². The van der Waals surface area contributed by atoms with Gasteiger partial charge in [0, 0.05) is 25.3 Å². The van der Waals surface area contributed by atoms with Gasteiger partial charge < -0.3 is 26.4 Å². The van der Waals surface area contributed by atoms with E-state index in [4.69, 9.17) is 14.7 Å². The number of carbonyl (C=O) groups is 2. The van der Waals surface area contributed by atoms with E-state index in [0.717, 1.165) is 116 Å². The Labute approximate surface area is 322 Å². The van der Waals surface area contributed by atoms with Gasteiger partial charge in [-0.15, -0.1) is 0 Å². The maximum Gasteiger partial charge on any atom is 0.397 e. The standard InChI is InChI=1S/C41H76N4O7S/c1-28(2)13-10-14-31(38(47)45-26-12-25-44-23-9-8-22-43-24-11-21-42)37-33-15-16-36-39(5)19-18-34(52-53(48,49)50)29(3)32(39)17-20-40(36,6)41(33,7)27-35(37)51-30(4)46/h28-29,31-37,43-44H,8-27,42H2,1-7H3,(H,45,47)(H,48,49,50)/t29-,31-,32?,33?,34+,35-,36?,37-,39-,40-,41-/m0/s1. The number of hydrogen-bond donors (Lipinski definition) is 5. The van der Waals surface area contributed by atoms with Crippen LogP contribution < -0.4 is 21.7 Å². The molecule has 0 saturated heterocycles. The predicted octanol–water partition coefficient (Wildman–Crippen LogP) is 6.27. The smallest absolute Gasteiger partial charge is 0.397 e. The quantitative estimate of drug-likeness (QED) is 0.0510. The average molecular weight is 769 g/mol. The van der Waals surface area contributed by atoms with Gasteiger partial charge in [-0.05, 0) is 156 Å². The minimum Gasteiger partial charge on any atom is -0.462 e. The molecular weight excluding hydrogens is 693 g/mol. The molecule has 3 unspecified atom stereocenters. The van der Waals surface area contributed by atoms with Gasteiger partial charge in [0.05, 0.1) is 6.10 Å². The number of hydrogen-bond acceptors (Lipinski definition) is 9. The average Bonchev–Trinajstić information content (AvgIpc) is 3.35. The molecule has 0 aliphatic heterocycles. The Balaban J connectivity index is 1.47. The summed E-state index contributed by atoms with van der Waals surface area (Å²) in [5.41, 5.74) is 5.40. The molecule has 4 aliphatic carbocycles. The first-order valence-electron chi connectivity index (χ1n) is 21.2. The van der Waals surface area contributed by atoms with E-state index in [1.165, 1.54) is 6.92 Å². The van der Waals surface area contributed by atoms with Gasteiger partial charge in [0.25, 0.3) is 0 Å². The van der Waals surface area contributed by atoms with E-state index >= 15 is 0 Å². The van der Waals surface area contributed by atoms with E-state index in [1.807, 2.05) is 0 Å². The molecule has 4 saturated carbocycles. The van der Waals surface area contributed by atoms with Gasteiger partial charge in [-0.25, -0.2) is 4.18 Å². The van der Waals surface area contributed by atoms with Crippen molar-refractivity contribution < 1.29 is 31.5 Å². The van der Waals surface area contributed by atoms with Crippen molar-refractivity contribution in [1.29, 1.82) is 0 Å². The molecule has 4 fully saturated rings. The van der Waals surface area contributed by atoms with Crippen LogP contribution in [0.4, 0.5) is 0 Å². The zero-order valence-corrected chi connectivity index (χ0v) is 35.0. The lowest BCUT2D eigenvalue weighted by molar-refractivity contribution is -0.201. The zero-order chi connectivity index (χ0) is 39.0. The van der Waals surface area contributed by atoms with E-state index in [1.54, 1.807) is 0 Å². The number of amides is 1. The molecule has 308 valence electrons. The highest BCUT2D eigenvalue weighted by Gasteiger charge is 2.70. The number of nitrogens with one attached hydrogen (secondary N) is 3. The van der Waals surface area contributed by atoms with Crippen molar-refractivity contribution in [3.05, 3.63) is 0 Å². The third-order valence-corrected chi connectivity index (χ3v) is 15.5. The fraction of sp³-hybridized carbons (Fsp3) is 0.951. The molecule has 0 aromatic carbocycles. The van der Waals surface area contributed by atoms with Gasteiger partial charge in [-0.1, -0.05) is 54.4 Å². The lowest BCUT2D eigenvalue weighted by atomic mass is 9.37. The van der Waals surface area contributed by atoms with Crippen LogP contribution in [0.2, 0.25) is 0 Å². The van der Waals surface area contributed by atoms with E-state index in [0.29, 0.717) is 24.8 Å². The van der Waals surface area contributed by atoms with E-state index in [9.17, 15) is 22.6 Å². The van der Waals surface area contributed by atoms with Crippen LogP contribution in [0.1, 0.15) is 138 Å². The van der Waals surface area contributed by atoms with Gasteiger partial charge in [-0.2, -0.15) is 8.42 Å². The molecule has 0 aromatic heterocycles. The van der Waals surface area contributed by atoms with Crippen molar-refractivity contribution in [2.24, 2.45) is 63.4 Å². The molecule has 53 heavy (non-hydrogen) atoms. The number of unbranched alkanes of at least 4 members (excludes halogenated alkanes) is 1. The summed E-state index contributed by atoms with van der Waals surface area (Å²) in [5, 5.41) is 10.3. The second-order valence-electron chi connectivity index (χ2n) is 18.5. The van der Waals surface area contributed by atoms with Crippen molar-refractivity contribution in [1.82, 2.24) is 16.0 Å². The fourth-order valence-corrected chi connectivity index (χ4v) is 12.9.